The van der Waals surface area contributed by atoms with Crippen molar-refractivity contribution in [3.63, 3.8) is 0 Å². The number of nitriles is 1. The van der Waals surface area contributed by atoms with Gasteiger partial charge in [0.1, 0.15) is 6.07 Å². The highest BCUT2D eigenvalue weighted by molar-refractivity contribution is 5.93. The van der Waals surface area contributed by atoms with E-state index in [0.717, 1.165) is 0 Å². The van der Waals surface area contributed by atoms with Crippen LogP contribution in [0.3, 0.4) is 0 Å². The number of para-hydroxylation sites is 1. The fraction of sp³-hybridized carbons (Fsp3) is 0.529. The summed E-state index contributed by atoms with van der Waals surface area (Å²) in [5, 5.41) is 11.9. The molecular weight excluding hydrogens is 262 g/mol. The zero-order valence-corrected chi connectivity index (χ0v) is 12.8. The Kier molecular flexibility index (Phi) is 5.35. The van der Waals surface area contributed by atoms with Crippen molar-refractivity contribution >= 4 is 11.6 Å². The van der Waals surface area contributed by atoms with Gasteiger partial charge in [0.25, 0.3) is 0 Å². The van der Waals surface area contributed by atoms with Crippen LogP contribution in [0.2, 0.25) is 0 Å². The molecule has 0 heterocycles. The Morgan fingerprint density at radius 3 is 2.81 bits per heavy atom. The lowest BCUT2D eigenvalue weighted by molar-refractivity contribution is -0.117. The maximum absolute atomic E-state index is 12.2. The van der Waals surface area contributed by atoms with Crippen molar-refractivity contribution in [2.75, 3.05) is 18.9 Å². The normalized spacial score (nSPS) is 21.8. The molecule has 112 valence electrons. The maximum Gasteiger partial charge on any atom is 0.238 e. The van der Waals surface area contributed by atoms with Crippen LogP contribution in [0.25, 0.3) is 0 Å². The number of amides is 1. The number of rotatable bonds is 4. The highest BCUT2D eigenvalue weighted by atomic mass is 16.2. The minimum Gasteiger partial charge on any atom is -0.324 e. The number of anilines is 1. The molecule has 0 spiro atoms. The molecule has 1 amide bonds. The maximum atomic E-state index is 12.2. The van der Waals surface area contributed by atoms with Gasteiger partial charge in [-0.05, 0) is 37.9 Å². The average Bonchev–Trinajstić information content (AvgIpc) is 2.48. The van der Waals surface area contributed by atoms with E-state index in [1.165, 1.54) is 25.7 Å². The van der Waals surface area contributed by atoms with Crippen LogP contribution in [0.4, 0.5) is 5.69 Å². The van der Waals surface area contributed by atoms with Crippen molar-refractivity contribution in [1.29, 1.82) is 5.26 Å². The molecule has 1 aromatic rings. The number of nitrogens with one attached hydrogen (secondary N) is 1. The van der Waals surface area contributed by atoms with Crippen LogP contribution in [-0.4, -0.2) is 30.4 Å². The van der Waals surface area contributed by atoms with E-state index in [1.807, 2.05) is 13.1 Å². The fourth-order valence-corrected chi connectivity index (χ4v) is 3.17. The van der Waals surface area contributed by atoms with E-state index in [4.69, 9.17) is 5.26 Å². The first-order valence-electron chi connectivity index (χ1n) is 7.61. The SMILES string of the molecule is CC1CCCCC1N(C)CC(=O)Nc1ccccc1C#N. The number of nitrogens with zero attached hydrogens (tertiary/aromatic N) is 2. The van der Waals surface area contributed by atoms with Crippen LogP contribution in [0.15, 0.2) is 24.3 Å². The standard InChI is InChI=1S/C17H23N3O/c1-13-7-3-6-10-16(13)20(2)12-17(21)19-15-9-5-4-8-14(15)11-18/h4-5,8-9,13,16H,3,6-7,10,12H2,1-2H3,(H,19,21). The molecular formula is C17H23N3O. The Morgan fingerprint density at radius 2 is 2.10 bits per heavy atom. The van der Waals surface area contributed by atoms with Gasteiger partial charge in [0.2, 0.25) is 5.91 Å². The molecule has 0 saturated heterocycles. The fourth-order valence-electron chi connectivity index (χ4n) is 3.17. The van der Waals surface area contributed by atoms with E-state index >= 15 is 0 Å². The summed E-state index contributed by atoms with van der Waals surface area (Å²) < 4.78 is 0. The van der Waals surface area contributed by atoms with Crippen LogP contribution >= 0.6 is 0 Å². The quantitative estimate of drug-likeness (QED) is 0.925. The first kappa shape index (κ1) is 15.5. The van der Waals surface area contributed by atoms with Crippen molar-refractivity contribution in [2.24, 2.45) is 5.92 Å². The van der Waals surface area contributed by atoms with Gasteiger partial charge in [-0.1, -0.05) is 31.9 Å². The second-order valence-corrected chi connectivity index (χ2v) is 5.95. The topological polar surface area (TPSA) is 56.1 Å². The molecule has 1 fully saturated rings. The van der Waals surface area contributed by atoms with Crippen molar-refractivity contribution < 1.29 is 4.79 Å². The van der Waals surface area contributed by atoms with Crippen molar-refractivity contribution in [3.05, 3.63) is 29.8 Å². The minimum atomic E-state index is -0.0574. The summed E-state index contributed by atoms with van der Waals surface area (Å²) in [6.07, 6.45) is 4.96. The monoisotopic (exact) mass is 285 g/mol. The van der Waals surface area contributed by atoms with E-state index in [0.29, 0.717) is 29.8 Å². The van der Waals surface area contributed by atoms with Gasteiger partial charge in [0.05, 0.1) is 17.8 Å². The largest absolute Gasteiger partial charge is 0.324 e. The molecule has 0 bridgehead atoms. The molecule has 4 heteroatoms. The molecule has 2 unspecified atom stereocenters. The molecule has 2 rings (SSSR count). The predicted octanol–water partition coefficient (Wildman–Crippen LogP) is 3.01. The lowest BCUT2D eigenvalue weighted by atomic mass is 9.85. The summed E-state index contributed by atoms with van der Waals surface area (Å²) in [5.41, 5.74) is 1.09. The van der Waals surface area contributed by atoms with Crippen LogP contribution in [0.5, 0.6) is 0 Å². The highest BCUT2D eigenvalue weighted by Gasteiger charge is 2.26. The first-order valence-corrected chi connectivity index (χ1v) is 7.61. The zero-order valence-electron chi connectivity index (χ0n) is 12.8. The van der Waals surface area contributed by atoms with Gasteiger partial charge < -0.3 is 5.32 Å². The lowest BCUT2D eigenvalue weighted by Gasteiger charge is -2.35. The third-order valence-electron chi connectivity index (χ3n) is 4.35. The molecule has 1 aromatic carbocycles. The molecule has 0 aliphatic heterocycles. The number of carbonyl (C=O) groups is 1. The van der Waals surface area contributed by atoms with Crippen LogP contribution in [0, 0.1) is 17.2 Å². The van der Waals surface area contributed by atoms with E-state index in [2.05, 4.69) is 23.2 Å². The number of hydrogen-bond donors (Lipinski definition) is 1. The van der Waals surface area contributed by atoms with Gasteiger partial charge in [-0.15, -0.1) is 0 Å². The minimum absolute atomic E-state index is 0.0574. The Labute approximate surface area is 126 Å². The summed E-state index contributed by atoms with van der Waals surface area (Å²) in [7, 11) is 2.02. The summed E-state index contributed by atoms with van der Waals surface area (Å²) in [6, 6.07) is 9.67. The number of benzene rings is 1. The van der Waals surface area contributed by atoms with Gasteiger partial charge in [-0.2, -0.15) is 5.26 Å². The molecule has 21 heavy (non-hydrogen) atoms. The molecule has 1 saturated carbocycles. The third kappa shape index (κ3) is 4.05. The predicted molar refractivity (Wildman–Crippen MR) is 83.8 cm³/mol. The van der Waals surface area contributed by atoms with E-state index < -0.39 is 0 Å². The second kappa shape index (κ2) is 7.24. The Balaban J connectivity index is 1.93. The summed E-state index contributed by atoms with van der Waals surface area (Å²) in [4.78, 5) is 14.3. The molecule has 1 N–H and O–H groups in total. The van der Waals surface area contributed by atoms with Crippen molar-refractivity contribution in [1.82, 2.24) is 4.90 Å². The van der Waals surface area contributed by atoms with Crippen molar-refractivity contribution in [3.8, 4) is 6.07 Å². The molecule has 0 radical (unpaired) electrons. The lowest BCUT2D eigenvalue weighted by Crippen LogP contribution is -2.42. The third-order valence-corrected chi connectivity index (χ3v) is 4.35. The van der Waals surface area contributed by atoms with Crippen LogP contribution in [-0.2, 0) is 4.79 Å². The second-order valence-electron chi connectivity index (χ2n) is 5.95. The van der Waals surface area contributed by atoms with Gasteiger partial charge >= 0.3 is 0 Å². The number of likely N-dealkylation sites (N-methyl/N-ethyl adjacent to an activating group) is 1. The highest BCUT2D eigenvalue weighted by Crippen LogP contribution is 2.27. The summed E-state index contributed by atoms with van der Waals surface area (Å²) in [5.74, 6) is 0.584. The summed E-state index contributed by atoms with van der Waals surface area (Å²) in [6.45, 7) is 2.64. The van der Waals surface area contributed by atoms with Crippen molar-refractivity contribution in [2.45, 2.75) is 38.6 Å². The van der Waals surface area contributed by atoms with Crippen LogP contribution in [0.1, 0.15) is 38.2 Å². The molecule has 4 nitrogen and oxygen atoms in total. The van der Waals surface area contributed by atoms with Gasteiger partial charge in [-0.25, -0.2) is 0 Å². The Bertz CT molecular complexity index is 535. The number of hydrogen-bond acceptors (Lipinski definition) is 3. The smallest absolute Gasteiger partial charge is 0.238 e. The van der Waals surface area contributed by atoms with E-state index in [1.54, 1.807) is 18.2 Å². The molecule has 2 atom stereocenters. The zero-order chi connectivity index (χ0) is 15.2. The summed E-state index contributed by atoms with van der Waals surface area (Å²) >= 11 is 0. The first-order chi connectivity index (χ1) is 10.1. The Morgan fingerprint density at radius 1 is 1.38 bits per heavy atom. The van der Waals surface area contributed by atoms with Crippen LogP contribution < -0.4 is 5.32 Å². The average molecular weight is 285 g/mol. The van der Waals surface area contributed by atoms with Gasteiger partial charge in [0.15, 0.2) is 0 Å². The molecule has 1 aliphatic carbocycles. The van der Waals surface area contributed by atoms with Gasteiger partial charge in [0, 0.05) is 6.04 Å². The molecule has 0 aromatic heterocycles. The number of carbonyl (C=O) groups excluding carboxylic acids is 1. The van der Waals surface area contributed by atoms with Gasteiger partial charge in [-0.3, -0.25) is 9.69 Å². The van der Waals surface area contributed by atoms with E-state index in [9.17, 15) is 4.79 Å². The van der Waals surface area contributed by atoms with E-state index in [-0.39, 0.29) is 5.91 Å². The Hall–Kier alpha value is -1.86. The molecule has 1 aliphatic rings.